The molecule has 26 heavy (non-hydrogen) atoms. The van der Waals surface area contributed by atoms with Gasteiger partial charge in [-0.3, -0.25) is 9.69 Å². The molecule has 0 radical (unpaired) electrons. The Bertz CT molecular complexity index is 897. The molecule has 134 valence electrons. The van der Waals surface area contributed by atoms with Crippen LogP contribution >= 0.6 is 0 Å². The van der Waals surface area contributed by atoms with Crippen molar-refractivity contribution < 1.29 is 14.6 Å². The molecule has 1 amide bonds. The lowest BCUT2D eigenvalue weighted by Gasteiger charge is -2.62. The van der Waals surface area contributed by atoms with Gasteiger partial charge in [0.05, 0.1) is 30.6 Å². The van der Waals surface area contributed by atoms with Crippen LogP contribution in [0.2, 0.25) is 0 Å². The second-order valence-electron chi connectivity index (χ2n) is 8.93. The number of aliphatic hydroxyl groups is 1. The number of hydrogen-bond acceptors (Lipinski definition) is 4. The maximum atomic E-state index is 13.2. The molecule has 1 saturated carbocycles. The van der Waals surface area contributed by atoms with Crippen molar-refractivity contribution in [3.8, 4) is 0 Å². The van der Waals surface area contributed by atoms with E-state index in [9.17, 15) is 9.90 Å². The van der Waals surface area contributed by atoms with Crippen LogP contribution in [0.25, 0.3) is 0 Å². The van der Waals surface area contributed by atoms with Crippen molar-refractivity contribution in [2.24, 2.45) is 11.8 Å². The second-order valence-corrected chi connectivity index (χ2v) is 8.93. The first kappa shape index (κ1) is 14.4. The van der Waals surface area contributed by atoms with Gasteiger partial charge in [0, 0.05) is 24.7 Å². The lowest BCUT2D eigenvalue weighted by atomic mass is 9.52. The number of piperidine rings is 2. The van der Waals surface area contributed by atoms with Gasteiger partial charge in [-0.15, -0.1) is 0 Å². The minimum absolute atomic E-state index is 0.0155. The first-order chi connectivity index (χ1) is 12.6. The number of hydrogen-bond donors (Lipinski definition) is 1. The maximum absolute atomic E-state index is 13.2. The van der Waals surface area contributed by atoms with Gasteiger partial charge in [-0.05, 0) is 30.4 Å². The van der Waals surface area contributed by atoms with Crippen molar-refractivity contribution >= 4 is 11.6 Å². The molecule has 5 nitrogen and oxygen atoms in total. The maximum Gasteiger partial charge on any atom is 0.229 e. The summed E-state index contributed by atoms with van der Waals surface area (Å²) < 4.78 is 6.20. The van der Waals surface area contributed by atoms with Gasteiger partial charge >= 0.3 is 0 Å². The third kappa shape index (κ3) is 1.27. The molecule has 4 fully saturated rings. The highest BCUT2D eigenvalue weighted by Gasteiger charge is 2.76. The van der Waals surface area contributed by atoms with Gasteiger partial charge in [0.1, 0.15) is 5.72 Å². The fraction of sp³-hybridized carbons (Fsp3) is 0.571. The SMILES string of the molecule is O=C1C[C@@H]2OCC=C3CN4CC[C@]56c7ccccc7N1[C@H]5[C@H]2[C@H]3C[C@@]46O. The summed E-state index contributed by atoms with van der Waals surface area (Å²) in [4.78, 5) is 17.5. The molecular formula is C21H22N2O3. The van der Waals surface area contributed by atoms with E-state index >= 15 is 0 Å². The number of para-hydroxylation sites is 1. The quantitative estimate of drug-likeness (QED) is 0.719. The van der Waals surface area contributed by atoms with E-state index in [1.54, 1.807) is 0 Å². The summed E-state index contributed by atoms with van der Waals surface area (Å²) in [5, 5.41) is 12.1. The highest BCUT2D eigenvalue weighted by molar-refractivity contribution is 5.99. The predicted molar refractivity (Wildman–Crippen MR) is 94.6 cm³/mol. The standard InChI is InChI=1S/C21H22N2O3/c24-17-9-16-18-13-10-21(25)20(6-7-22(21)11-12(13)5-8-26-16)14-3-1-2-4-15(14)23(17)19(18)20/h1-5,13,16,18-19,25H,6-11H2/t13-,16-,18-,19-,20-,21-/m0/s1. The van der Waals surface area contributed by atoms with Gasteiger partial charge in [-0.25, -0.2) is 0 Å². The zero-order valence-corrected chi connectivity index (χ0v) is 14.6. The summed E-state index contributed by atoms with van der Waals surface area (Å²) in [5.41, 5.74) is 2.40. The van der Waals surface area contributed by atoms with Crippen molar-refractivity contribution in [3.63, 3.8) is 0 Å². The van der Waals surface area contributed by atoms with Crippen LogP contribution in [0.1, 0.15) is 24.8 Å². The van der Waals surface area contributed by atoms with Crippen LogP contribution in [-0.2, 0) is 14.9 Å². The van der Waals surface area contributed by atoms with Crippen molar-refractivity contribution in [2.45, 2.75) is 42.5 Å². The van der Waals surface area contributed by atoms with Gasteiger partial charge in [0.2, 0.25) is 5.91 Å². The van der Waals surface area contributed by atoms with Crippen molar-refractivity contribution in [2.75, 3.05) is 24.6 Å². The van der Waals surface area contributed by atoms with E-state index in [-0.39, 0.29) is 29.4 Å². The molecule has 1 spiro atoms. The van der Waals surface area contributed by atoms with Gasteiger partial charge in [0.15, 0.2) is 0 Å². The number of benzene rings is 1. The average Bonchev–Trinajstić information content (AvgIpc) is 3.05. The highest BCUT2D eigenvalue weighted by atomic mass is 16.5. The van der Waals surface area contributed by atoms with Crippen LogP contribution in [0.5, 0.6) is 0 Å². The molecule has 1 N–H and O–H groups in total. The molecule has 7 rings (SSSR count). The lowest BCUT2D eigenvalue weighted by Crippen LogP contribution is -2.74. The van der Waals surface area contributed by atoms with E-state index in [2.05, 4.69) is 34.1 Å². The fourth-order valence-electron chi connectivity index (χ4n) is 7.53. The third-order valence-electron chi connectivity index (χ3n) is 8.35. The van der Waals surface area contributed by atoms with E-state index in [0.29, 0.717) is 18.9 Å². The number of rotatable bonds is 0. The summed E-state index contributed by atoms with van der Waals surface area (Å²) >= 11 is 0. The van der Waals surface area contributed by atoms with Crippen LogP contribution in [0.4, 0.5) is 5.69 Å². The molecule has 1 aliphatic carbocycles. The van der Waals surface area contributed by atoms with Crippen LogP contribution in [0.15, 0.2) is 35.9 Å². The lowest BCUT2D eigenvalue weighted by molar-refractivity contribution is -0.197. The molecule has 5 aliphatic heterocycles. The number of anilines is 1. The van der Waals surface area contributed by atoms with Gasteiger partial charge in [0.25, 0.3) is 0 Å². The van der Waals surface area contributed by atoms with Crippen molar-refractivity contribution in [3.05, 3.63) is 41.5 Å². The molecule has 1 aromatic rings. The van der Waals surface area contributed by atoms with E-state index in [0.717, 1.165) is 31.6 Å². The summed E-state index contributed by atoms with van der Waals surface area (Å²) in [5.74, 6) is 0.769. The number of ether oxygens (including phenoxy) is 1. The van der Waals surface area contributed by atoms with Gasteiger partial charge in [-0.2, -0.15) is 0 Å². The monoisotopic (exact) mass is 350 g/mol. The molecule has 5 heteroatoms. The Morgan fingerprint density at radius 2 is 2.15 bits per heavy atom. The molecule has 6 atom stereocenters. The summed E-state index contributed by atoms with van der Waals surface area (Å²) in [6.45, 7) is 2.34. The van der Waals surface area contributed by atoms with Crippen LogP contribution in [-0.4, -0.2) is 53.5 Å². The Labute approximate surface area is 152 Å². The largest absolute Gasteiger partial charge is 0.375 e. The third-order valence-corrected chi connectivity index (χ3v) is 8.35. The van der Waals surface area contributed by atoms with Crippen molar-refractivity contribution in [1.29, 1.82) is 0 Å². The minimum atomic E-state index is -0.854. The van der Waals surface area contributed by atoms with E-state index in [1.165, 1.54) is 11.1 Å². The normalized spacial score (nSPS) is 47.5. The van der Waals surface area contributed by atoms with Crippen LogP contribution < -0.4 is 4.90 Å². The van der Waals surface area contributed by atoms with E-state index in [4.69, 9.17) is 4.74 Å². The number of fused-ring (bicyclic) bond motifs is 2. The first-order valence-corrected chi connectivity index (χ1v) is 9.85. The zero-order chi connectivity index (χ0) is 17.3. The number of amides is 1. The molecule has 3 saturated heterocycles. The van der Waals surface area contributed by atoms with Crippen LogP contribution in [0, 0.1) is 11.8 Å². The Balaban J connectivity index is 1.58. The summed E-state index contributed by atoms with van der Waals surface area (Å²) in [7, 11) is 0. The summed E-state index contributed by atoms with van der Waals surface area (Å²) in [6, 6.07) is 8.32. The highest BCUT2D eigenvalue weighted by Crippen LogP contribution is 2.68. The van der Waals surface area contributed by atoms with Crippen molar-refractivity contribution in [1.82, 2.24) is 4.90 Å². The Hall–Kier alpha value is -1.69. The second kappa shape index (κ2) is 4.24. The first-order valence-electron chi connectivity index (χ1n) is 9.85. The molecule has 0 aromatic heterocycles. The average molecular weight is 350 g/mol. The molecule has 0 unspecified atom stereocenters. The van der Waals surface area contributed by atoms with Crippen LogP contribution in [0.3, 0.4) is 0 Å². The van der Waals surface area contributed by atoms with Gasteiger partial charge in [-0.1, -0.05) is 29.8 Å². The van der Waals surface area contributed by atoms with Gasteiger partial charge < -0.3 is 14.7 Å². The Morgan fingerprint density at radius 1 is 1.27 bits per heavy atom. The topological polar surface area (TPSA) is 53.0 Å². The molecular weight excluding hydrogens is 328 g/mol. The smallest absolute Gasteiger partial charge is 0.229 e. The molecule has 5 heterocycles. The fourth-order valence-corrected chi connectivity index (χ4v) is 7.53. The minimum Gasteiger partial charge on any atom is -0.375 e. The predicted octanol–water partition coefficient (Wildman–Crippen LogP) is 1.41. The Morgan fingerprint density at radius 3 is 3.08 bits per heavy atom. The molecule has 2 bridgehead atoms. The zero-order valence-electron chi connectivity index (χ0n) is 14.6. The number of carbonyl (C=O) groups excluding carboxylic acids is 1. The molecule has 6 aliphatic rings. The molecule has 1 aromatic carbocycles. The van der Waals surface area contributed by atoms with E-state index in [1.807, 2.05) is 6.07 Å². The number of carbonyl (C=O) groups is 1. The number of nitrogens with zero attached hydrogens (tertiary/aromatic N) is 2. The summed E-state index contributed by atoms with van der Waals surface area (Å²) in [6.07, 6.45) is 4.36. The van der Waals surface area contributed by atoms with E-state index < -0.39 is 5.72 Å². The Kier molecular flexibility index (Phi) is 2.34.